The van der Waals surface area contributed by atoms with Crippen molar-refractivity contribution in [1.82, 2.24) is 10.2 Å². The predicted octanol–water partition coefficient (Wildman–Crippen LogP) is 3.62. The van der Waals surface area contributed by atoms with E-state index in [1.165, 1.54) is 64.5 Å². The van der Waals surface area contributed by atoms with Gasteiger partial charge in [0.15, 0.2) is 0 Å². The summed E-state index contributed by atoms with van der Waals surface area (Å²) in [7, 11) is 0. The summed E-state index contributed by atoms with van der Waals surface area (Å²) in [5, 5.41) is 3.50. The van der Waals surface area contributed by atoms with Gasteiger partial charge < -0.3 is 10.2 Å². The number of carbonyl (C=O) groups excluding carboxylic acids is 1. The number of hydrogen-bond acceptors (Lipinski definition) is 2. The molecule has 3 fully saturated rings. The molecule has 0 aromatic carbocycles. The van der Waals surface area contributed by atoms with Gasteiger partial charge in [-0.3, -0.25) is 4.79 Å². The number of nitrogens with zero attached hydrogens (tertiary/aromatic N) is 1. The summed E-state index contributed by atoms with van der Waals surface area (Å²) in [4.78, 5) is 14.8. The molecule has 4 heteroatoms. The Hall–Kier alpha value is -0.280. The maximum absolute atomic E-state index is 12.7. The van der Waals surface area contributed by atoms with E-state index in [9.17, 15) is 4.79 Å². The molecule has 1 atom stereocenters. The van der Waals surface area contributed by atoms with Crippen LogP contribution in [-0.2, 0) is 4.79 Å². The third-order valence-corrected chi connectivity index (χ3v) is 6.30. The summed E-state index contributed by atoms with van der Waals surface area (Å²) in [5.41, 5.74) is 0.517. The fourth-order valence-electron chi connectivity index (χ4n) is 4.76. The van der Waals surface area contributed by atoms with Gasteiger partial charge in [0.2, 0.25) is 5.91 Å². The summed E-state index contributed by atoms with van der Waals surface area (Å²) < 4.78 is 0. The van der Waals surface area contributed by atoms with Crippen molar-refractivity contribution < 1.29 is 4.79 Å². The highest BCUT2D eigenvalue weighted by Gasteiger charge is 2.38. The van der Waals surface area contributed by atoms with Gasteiger partial charge in [-0.05, 0) is 43.6 Å². The molecule has 3 nitrogen and oxygen atoms in total. The molecule has 2 heterocycles. The Morgan fingerprint density at radius 1 is 1.18 bits per heavy atom. The third-order valence-electron chi connectivity index (χ3n) is 6.30. The molecule has 1 N–H and O–H groups in total. The minimum absolute atomic E-state index is 0. The Balaban J connectivity index is 0.00000176. The summed E-state index contributed by atoms with van der Waals surface area (Å²) >= 11 is 0. The van der Waals surface area contributed by atoms with E-state index in [0.717, 1.165) is 25.4 Å². The maximum atomic E-state index is 12.7. The van der Waals surface area contributed by atoms with Gasteiger partial charge in [-0.1, -0.05) is 39.0 Å². The van der Waals surface area contributed by atoms with Crippen LogP contribution in [0.2, 0.25) is 0 Å². The van der Waals surface area contributed by atoms with Crippen molar-refractivity contribution in [1.29, 1.82) is 0 Å². The molecule has 1 amide bonds. The molecule has 3 rings (SSSR count). The van der Waals surface area contributed by atoms with Crippen LogP contribution in [-0.4, -0.2) is 37.0 Å². The van der Waals surface area contributed by atoms with Crippen LogP contribution >= 0.6 is 12.4 Å². The number of likely N-dealkylation sites (tertiary alicyclic amines) is 1. The van der Waals surface area contributed by atoms with E-state index in [2.05, 4.69) is 17.1 Å². The van der Waals surface area contributed by atoms with Gasteiger partial charge in [0, 0.05) is 25.6 Å². The highest BCUT2D eigenvalue weighted by Crippen LogP contribution is 2.37. The molecule has 2 aliphatic heterocycles. The molecule has 2 saturated heterocycles. The van der Waals surface area contributed by atoms with Gasteiger partial charge in [-0.25, -0.2) is 0 Å². The van der Waals surface area contributed by atoms with Crippen molar-refractivity contribution in [2.75, 3.05) is 26.2 Å². The maximum Gasteiger partial charge on any atom is 0.225 e. The second-order valence-corrected chi connectivity index (χ2v) is 7.89. The van der Waals surface area contributed by atoms with E-state index in [-0.39, 0.29) is 18.3 Å². The van der Waals surface area contributed by atoms with Crippen LogP contribution in [0.15, 0.2) is 0 Å². The summed E-state index contributed by atoms with van der Waals surface area (Å²) in [6.07, 6.45) is 11.7. The van der Waals surface area contributed by atoms with Gasteiger partial charge >= 0.3 is 0 Å². The molecule has 1 spiro atoms. The van der Waals surface area contributed by atoms with Crippen LogP contribution in [0.3, 0.4) is 0 Å². The van der Waals surface area contributed by atoms with Crippen LogP contribution in [0, 0.1) is 17.3 Å². The molecule has 1 aliphatic carbocycles. The normalized spacial score (nSPS) is 26.7. The van der Waals surface area contributed by atoms with E-state index >= 15 is 0 Å². The number of halogens is 1. The zero-order valence-corrected chi connectivity index (χ0v) is 14.9. The van der Waals surface area contributed by atoms with Crippen molar-refractivity contribution in [3.05, 3.63) is 0 Å². The number of rotatable bonds is 3. The summed E-state index contributed by atoms with van der Waals surface area (Å²) in [5.74, 6) is 1.48. The van der Waals surface area contributed by atoms with Crippen molar-refractivity contribution in [3.8, 4) is 0 Å². The van der Waals surface area contributed by atoms with Crippen molar-refractivity contribution in [2.24, 2.45) is 17.3 Å². The van der Waals surface area contributed by atoms with Crippen LogP contribution < -0.4 is 5.32 Å². The molecule has 0 bridgehead atoms. The monoisotopic (exact) mass is 328 g/mol. The van der Waals surface area contributed by atoms with Crippen molar-refractivity contribution >= 4 is 18.3 Å². The average molecular weight is 329 g/mol. The van der Waals surface area contributed by atoms with E-state index in [0.29, 0.717) is 11.3 Å². The van der Waals surface area contributed by atoms with Crippen molar-refractivity contribution in [2.45, 2.75) is 64.7 Å². The van der Waals surface area contributed by atoms with Crippen molar-refractivity contribution in [3.63, 3.8) is 0 Å². The first-order chi connectivity index (χ1) is 10.2. The first-order valence-corrected chi connectivity index (χ1v) is 9.18. The molecule has 1 saturated carbocycles. The lowest BCUT2D eigenvalue weighted by atomic mass is 9.77. The van der Waals surface area contributed by atoms with Crippen LogP contribution in [0.5, 0.6) is 0 Å². The molecule has 128 valence electrons. The third kappa shape index (κ3) is 4.17. The highest BCUT2D eigenvalue weighted by atomic mass is 35.5. The second kappa shape index (κ2) is 8.01. The molecular weight excluding hydrogens is 296 g/mol. The molecule has 0 aromatic heterocycles. The highest BCUT2D eigenvalue weighted by molar-refractivity contribution is 5.85. The minimum Gasteiger partial charge on any atom is -0.342 e. The minimum atomic E-state index is 0. The smallest absolute Gasteiger partial charge is 0.225 e. The topological polar surface area (TPSA) is 32.3 Å². The first kappa shape index (κ1) is 18.1. The Bertz CT molecular complexity index is 352. The standard InChI is InChI=1S/C18H32N2O.ClH/c1-15(13-16-5-3-2-4-6-16)17(21)20-11-8-18(9-12-20)7-10-19-14-18;/h15-16,19H,2-14H2,1H3;1H. The van der Waals surface area contributed by atoms with Crippen LogP contribution in [0.4, 0.5) is 0 Å². The Morgan fingerprint density at radius 3 is 2.45 bits per heavy atom. The number of nitrogens with one attached hydrogen (secondary N) is 1. The predicted molar refractivity (Wildman–Crippen MR) is 93.3 cm³/mol. The molecule has 22 heavy (non-hydrogen) atoms. The molecule has 3 aliphatic rings. The van der Waals surface area contributed by atoms with Crippen LogP contribution in [0.1, 0.15) is 64.7 Å². The largest absolute Gasteiger partial charge is 0.342 e. The fourth-order valence-corrected chi connectivity index (χ4v) is 4.76. The summed E-state index contributed by atoms with van der Waals surface area (Å²) in [6, 6.07) is 0. The molecule has 1 unspecified atom stereocenters. The zero-order valence-electron chi connectivity index (χ0n) is 14.1. The Morgan fingerprint density at radius 2 is 1.86 bits per heavy atom. The Kier molecular flexibility index (Phi) is 6.58. The van der Waals surface area contributed by atoms with E-state index in [1.54, 1.807) is 0 Å². The zero-order chi connectivity index (χ0) is 14.7. The van der Waals surface area contributed by atoms with E-state index < -0.39 is 0 Å². The molecular formula is C18H33ClN2O. The van der Waals surface area contributed by atoms with Gasteiger partial charge in [0.1, 0.15) is 0 Å². The quantitative estimate of drug-likeness (QED) is 0.858. The lowest BCUT2D eigenvalue weighted by Crippen LogP contribution is -2.46. The van der Waals surface area contributed by atoms with Crippen LogP contribution in [0.25, 0.3) is 0 Å². The number of carbonyl (C=O) groups is 1. The number of hydrogen-bond donors (Lipinski definition) is 1. The Labute approximate surface area is 142 Å². The lowest BCUT2D eigenvalue weighted by Gasteiger charge is -2.40. The molecule has 0 aromatic rings. The van der Waals surface area contributed by atoms with Gasteiger partial charge in [-0.2, -0.15) is 0 Å². The first-order valence-electron chi connectivity index (χ1n) is 9.18. The van der Waals surface area contributed by atoms with Gasteiger partial charge in [0.25, 0.3) is 0 Å². The van der Waals surface area contributed by atoms with E-state index in [4.69, 9.17) is 0 Å². The number of amides is 1. The SMILES string of the molecule is CC(CC1CCCCC1)C(=O)N1CCC2(CCNC2)CC1.Cl. The van der Waals surface area contributed by atoms with E-state index in [1.807, 2.05) is 0 Å². The average Bonchev–Trinajstić information content (AvgIpc) is 2.96. The van der Waals surface area contributed by atoms with Gasteiger partial charge in [-0.15, -0.1) is 12.4 Å². The fraction of sp³-hybridized carbons (Fsp3) is 0.944. The lowest BCUT2D eigenvalue weighted by molar-refractivity contribution is -0.137. The summed E-state index contributed by atoms with van der Waals surface area (Å²) in [6.45, 7) is 6.50. The number of piperidine rings is 1. The molecule has 0 radical (unpaired) electrons. The van der Waals surface area contributed by atoms with Gasteiger partial charge in [0.05, 0.1) is 0 Å². The second-order valence-electron chi connectivity index (χ2n) is 7.89.